The maximum absolute atomic E-state index is 15.0. The second-order valence-corrected chi connectivity index (χ2v) is 16.1. The highest BCUT2D eigenvalue weighted by Gasteiger charge is 2.99. The van der Waals surface area contributed by atoms with Crippen LogP contribution in [0.3, 0.4) is 0 Å². The van der Waals surface area contributed by atoms with Gasteiger partial charge in [-0.2, -0.15) is 101 Å². The van der Waals surface area contributed by atoms with E-state index >= 15 is 8.78 Å². The highest BCUT2D eigenvalue weighted by Crippen LogP contribution is 2.67. The van der Waals surface area contributed by atoms with Gasteiger partial charge >= 0.3 is 103 Å². The summed E-state index contributed by atoms with van der Waals surface area (Å²) in [6.45, 7) is 0. The van der Waals surface area contributed by atoms with Gasteiger partial charge in [0.2, 0.25) is 0 Å². The van der Waals surface area contributed by atoms with Crippen LogP contribution in [0.4, 0.5) is 101 Å². The Morgan fingerprint density at radius 1 is 0.417 bits per heavy atom. The number of benzene rings is 2. The molecular weight excluding hydrogens is 1020 g/mol. The number of hydrogen-bond donors (Lipinski definition) is 0. The highest BCUT2D eigenvalue weighted by molar-refractivity contribution is 5.79. The predicted octanol–water partition coefficient (Wildman–Crippen LogP) is 6.94. The normalized spacial score (nSPS) is 14.9. The number of halogens is 24. The van der Waals surface area contributed by atoms with Crippen molar-refractivity contribution in [3.8, 4) is 0 Å². The molecule has 0 bridgehead atoms. The van der Waals surface area contributed by atoms with Crippen molar-refractivity contribution in [3.63, 3.8) is 0 Å². The van der Waals surface area contributed by atoms with Crippen molar-refractivity contribution in [1.82, 2.24) is 0 Å². The van der Waals surface area contributed by atoms with Gasteiger partial charge in [-0.15, -0.1) is 0 Å². The minimum atomic E-state index is -9.61. The van der Waals surface area contributed by atoms with Crippen molar-refractivity contribution < 1.29 is 138 Å². The molecule has 4 rings (SSSR count). The standard InChI is InChI=1S/C30H10F23IO6/c31-20(32,19(57)60-54(13-5-1-11-3-7-17(55)58-15(11)9-13)14-6-2-12-4-8-18(56)59-16(12)10-14)21(33,34)22(35,36)23(37,38)24(39,40)25(41,42)26(43,44)27(45,46)28(47,48)29(49,50)30(51,52)53/h1-10H/q+1. The number of carbonyl (C=O) groups is 1. The number of hydrogen-bond acceptors (Lipinski definition) is 6. The van der Waals surface area contributed by atoms with E-state index in [1.54, 1.807) is 0 Å². The van der Waals surface area contributed by atoms with Crippen LogP contribution in [-0.2, 0) is 7.86 Å². The molecule has 0 aliphatic rings. The largest absolute Gasteiger partial charge is 0.460 e. The van der Waals surface area contributed by atoms with Crippen LogP contribution in [0.1, 0.15) is 0 Å². The van der Waals surface area contributed by atoms with Gasteiger partial charge < -0.3 is 8.83 Å². The van der Waals surface area contributed by atoms with Gasteiger partial charge in [-0.25, -0.2) is 17.4 Å². The maximum Gasteiger partial charge on any atom is 0.460 e. The van der Waals surface area contributed by atoms with Crippen molar-refractivity contribution in [2.75, 3.05) is 0 Å². The Balaban J connectivity index is 1.82. The molecule has 0 spiro atoms. The zero-order chi connectivity index (χ0) is 46.5. The summed E-state index contributed by atoms with van der Waals surface area (Å²) in [6, 6.07) is 8.37. The van der Waals surface area contributed by atoms with E-state index in [2.05, 4.69) is 3.07 Å². The molecule has 0 N–H and O–H groups in total. The van der Waals surface area contributed by atoms with Crippen LogP contribution in [0, 0.1) is 7.14 Å². The van der Waals surface area contributed by atoms with Crippen molar-refractivity contribution >= 4 is 27.9 Å². The van der Waals surface area contributed by atoms with Gasteiger partial charge in [0, 0.05) is 35.0 Å². The van der Waals surface area contributed by atoms with Crippen LogP contribution in [-0.4, -0.2) is 71.4 Å². The fourth-order valence-electron chi connectivity index (χ4n) is 4.50. The Labute approximate surface area is 319 Å². The van der Waals surface area contributed by atoms with Crippen LogP contribution < -0.4 is 31.5 Å². The minimum Gasteiger partial charge on any atom is -0.423 e. The first kappa shape index (κ1) is 48.1. The van der Waals surface area contributed by atoms with Gasteiger partial charge in [0.05, 0.1) is 0 Å². The summed E-state index contributed by atoms with van der Waals surface area (Å²) in [4.78, 5) is 35.9. The monoisotopic (exact) mass is 1030 g/mol. The molecule has 0 fully saturated rings. The Morgan fingerprint density at radius 2 is 0.700 bits per heavy atom. The van der Waals surface area contributed by atoms with E-state index in [-0.39, 0.29) is 10.8 Å². The fraction of sp³-hybridized carbons (Fsp3) is 0.367. The lowest BCUT2D eigenvalue weighted by molar-refractivity contribution is -1.04. The zero-order valence-corrected chi connectivity index (χ0v) is 29.5. The lowest BCUT2D eigenvalue weighted by Crippen LogP contribution is -3.85. The van der Waals surface area contributed by atoms with E-state index in [9.17, 15) is 107 Å². The first-order valence-electron chi connectivity index (χ1n) is 14.6. The molecule has 333 valence electrons. The summed E-state index contributed by atoms with van der Waals surface area (Å²) in [5, 5.41) is -0.0785. The number of carbonyl (C=O) groups excluding carboxylic acids is 1. The summed E-state index contributed by atoms with van der Waals surface area (Å²) < 4.78 is 332. The zero-order valence-electron chi connectivity index (χ0n) is 27.3. The lowest BCUT2D eigenvalue weighted by Gasteiger charge is -2.44. The van der Waals surface area contributed by atoms with Gasteiger partial charge in [-0.05, 0) is 36.4 Å². The van der Waals surface area contributed by atoms with Crippen LogP contribution in [0.25, 0.3) is 21.9 Å². The third-order valence-electron chi connectivity index (χ3n) is 7.88. The maximum atomic E-state index is 15.0. The molecule has 1 radical (unpaired) electrons. The molecule has 0 saturated heterocycles. The molecule has 0 aliphatic heterocycles. The number of alkyl halides is 23. The van der Waals surface area contributed by atoms with E-state index in [0.29, 0.717) is 12.1 Å². The van der Waals surface area contributed by atoms with Crippen LogP contribution >= 0.6 is 0 Å². The van der Waals surface area contributed by atoms with Crippen molar-refractivity contribution in [2.24, 2.45) is 0 Å². The molecular formula is C30H10F23IO6+. The van der Waals surface area contributed by atoms with Crippen LogP contribution in [0.15, 0.2) is 79.1 Å². The van der Waals surface area contributed by atoms with Gasteiger partial charge in [-0.1, -0.05) is 0 Å². The molecule has 6 nitrogen and oxygen atoms in total. The van der Waals surface area contributed by atoms with Crippen LogP contribution in [0.2, 0.25) is 0 Å². The van der Waals surface area contributed by atoms with Crippen LogP contribution in [0.5, 0.6) is 0 Å². The summed E-state index contributed by atoms with van der Waals surface area (Å²) >= 11 is -5.00. The summed E-state index contributed by atoms with van der Waals surface area (Å²) in [5.41, 5.74) is -3.37. The van der Waals surface area contributed by atoms with Gasteiger partial charge in [0.1, 0.15) is 11.2 Å². The molecule has 2 aromatic carbocycles. The number of rotatable bonds is 13. The van der Waals surface area contributed by atoms with Crippen molar-refractivity contribution in [1.29, 1.82) is 0 Å². The minimum absolute atomic E-state index is 0.0393. The molecule has 2 heterocycles. The average molecular weight is 1030 g/mol. The molecule has 60 heavy (non-hydrogen) atoms. The smallest absolute Gasteiger partial charge is 0.423 e. The highest BCUT2D eigenvalue weighted by atomic mass is 127. The van der Waals surface area contributed by atoms with E-state index in [0.717, 1.165) is 48.5 Å². The first-order valence-corrected chi connectivity index (χ1v) is 17.6. The summed E-state index contributed by atoms with van der Waals surface area (Å²) in [7, 11) is 0. The third-order valence-corrected chi connectivity index (χ3v) is 12.3. The Morgan fingerprint density at radius 3 is 1.02 bits per heavy atom. The third kappa shape index (κ3) is 6.76. The second-order valence-electron chi connectivity index (χ2n) is 11.7. The van der Waals surface area contributed by atoms with Crippen molar-refractivity contribution in [3.05, 3.63) is 88.6 Å². The van der Waals surface area contributed by atoms with Crippen molar-refractivity contribution in [2.45, 2.75) is 65.4 Å². The van der Waals surface area contributed by atoms with E-state index in [4.69, 9.17) is 8.83 Å². The topological polar surface area (TPSA) is 86.7 Å². The fourth-order valence-corrected chi connectivity index (χ4v) is 8.55. The van der Waals surface area contributed by atoms with Gasteiger partial charge in [0.15, 0.2) is 7.14 Å². The summed E-state index contributed by atoms with van der Waals surface area (Å²) in [6.07, 6.45) is -8.19. The van der Waals surface area contributed by atoms with Gasteiger partial charge in [0.25, 0.3) is 0 Å². The molecule has 0 unspecified atom stereocenters. The predicted molar refractivity (Wildman–Crippen MR) is 144 cm³/mol. The SMILES string of the molecule is O=C(O[I+](c1ccc2ccc(=O)oc2c1)c1ccc2ccc(=O)oc2c1)C(F)(F)C(F)(F)C(F)(F)C(F)(F)C(F)(F)C(F)(F)C(F)(F)C(F)(F)C(F)(F)C(F)(F)C(F)(F)F. The molecule has 0 atom stereocenters. The molecule has 2 aromatic heterocycles. The lowest BCUT2D eigenvalue weighted by atomic mass is 9.85. The summed E-state index contributed by atoms with van der Waals surface area (Å²) in [5.74, 6) is -95.2. The quantitative estimate of drug-likeness (QED) is 0.0821. The Kier molecular flexibility index (Phi) is 11.4. The molecule has 0 amide bonds. The van der Waals surface area contributed by atoms with Gasteiger partial charge in [-0.3, -0.25) is 0 Å². The van der Waals surface area contributed by atoms with E-state index in [1.165, 1.54) is 0 Å². The van der Waals surface area contributed by atoms with E-state index < -0.39 is 121 Å². The van der Waals surface area contributed by atoms with E-state index in [1.807, 2.05) is 0 Å². The Hall–Kier alpha value is -4.55. The first-order chi connectivity index (χ1) is 26.7. The second kappa shape index (κ2) is 14.3. The average Bonchev–Trinajstić information content (AvgIpc) is 3.11. The molecule has 30 heteroatoms. The molecule has 0 aliphatic carbocycles. The number of fused-ring (bicyclic) bond motifs is 2. The molecule has 4 aromatic rings. The molecule has 0 saturated carbocycles. The Bertz CT molecular complexity index is 2330.